The molecule has 1 aromatic heterocycles. The highest BCUT2D eigenvalue weighted by Crippen LogP contribution is 2.37. The standard InChI is InChI=1S/C30H26O3S/c1-30(2,29(31)32)19-34-18-20-10-12-21(13-11-20)22-14-16-23(17-15-22)24-7-5-9-27-28(24)25-6-3-4-8-26(25)33-27/h3-17H,18-19H2,1-2H3,(H,31,32). The molecule has 170 valence electrons. The first-order valence-electron chi connectivity index (χ1n) is 11.3. The minimum atomic E-state index is -0.754. The van der Waals surface area contributed by atoms with Gasteiger partial charge in [-0.15, -0.1) is 0 Å². The number of fused-ring (bicyclic) bond motifs is 3. The van der Waals surface area contributed by atoms with Crippen LogP contribution in [-0.4, -0.2) is 16.8 Å². The fourth-order valence-electron chi connectivity index (χ4n) is 4.14. The van der Waals surface area contributed by atoms with Crippen LogP contribution in [0, 0.1) is 5.41 Å². The molecule has 0 saturated carbocycles. The number of rotatable bonds is 7. The summed E-state index contributed by atoms with van der Waals surface area (Å²) in [4.78, 5) is 11.3. The molecule has 0 radical (unpaired) electrons. The SMILES string of the molecule is CC(C)(CSCc1ccc(-c2ccc(-c3cccc4oc5ccccc5c34)cc2)cc1)C(=O)O. The normalized spacial score (nSPS) is 11.8. The second-order valence-corrected chi connectivity index (χ2v) is 10.2. The van der Waals surface area contributed by atoms with Crippen molar-refractivity contribution < 1.29 is 14.3 Å². The number of hydrogen-bond acceptors (Lipinski definition) is 3. The Bertz CT molecular complexity index is 1460. The van der Waals surface area contributed by atoms with E-state index < -0.39 is 11.4 Å². The van der Waals surface area contributed by atoms with E-state index in [4.69, 9.17) is 4.42 Å². The lowest BCUT2D eigenvalue weighted by atomic mass is 9.97. The summed E-state index contributed by atoms with van der Waals surface area (Å²) >= 11 is 1.66. The number of furan rings is 1. The summed E-state index contributed by atoms with van der Waals surface area (Å²) in [5, 5.41) is 11.6. The van der Waals surface area contributed by atoms with E-state index in [2.05, 4.69) is 60.7 Å². The number of aliphatic carboxylic acids is 1. The minimum absolute atomic E-state index is 0.588. The van der Waals surface area contributed by atoms with E-state index in [1.807, 2.05) is 30.3 Å². The summed E-state index contributed by atoms with van der Waals surface area (Å²) in [5.41, 5.74) is 6.97. The lowest BCUT2D eigenvalue weighted by Gasteiger charge is -2.18. The Balaban J connectivity index is 1.35. The second-order valence-electron chi connectivity index (χ2n) is 9.23. The summed E-state index contributed by atoms with van der Waals surface area (Å²) < 4.78 is 6.05. The third-order valence-corrected chi connectivity index (χ3v) is 7.66. The van der Waals surface area contributed by atoms with Crippen LogP contribution in [0.3, 0.4) is 0 Å². The molecule has 5 rings (SSSR count). The van der Waals surface area contributed by atoms with Crippen LogP contribution in [0.1, 0.15) is 19.4 Å². The van der Waals surface area contributed by atoms with Gasteiger partial charge in [0.05, 0.1) is 5.41 Å². The van der Waals surface area contributed by atoms with Gasteiger partial charge < -0.3 is 9.52 Å². The Labute approximate surface area is 203 Å². The number of hydrogen-bond donors (Lipinski definition) is 1. The number of carboxylic acid groups (broad SMARTS) is 1. The Morgan fingerprint density at radius 3 is 2.12 bits per heavy atom. The minimum Gasteiger partial charge on any atom is -0.481 e. The average molecular weight is 467 g/mol. The van der Waals surface area contributed by atoms with Crippen LogP contribution in [0.15, 0.2) is 95.4 Å². The van der Waals surface area contributed by atoms with Crippen molar-refractivity contribution in [3.63, 3.8) is 0 Å². The molecule has 0 saturated heterocycles. The molecule has 4 heteroatoms. The van der Waals surface area contributed by atoms with Crippen LogP contribution < -0.4 is 0 Å². The number of carbonyl (C=O) groups is 1. The first-order valence-corrected chi connectivity index (χ1v) is 12.5. The van der Waals surface area contributed by atoms with Crippen LogP contribution in [0.2, 0.25) is 0 Å². The summed E-state index contributed by atoms with van der Waals surface area (Å²) in [7, 11) is 0. The van der Waals surface area contributed by atoms with Crippen molar-refractivity contribution in [3.8, 4) is 22.3 Å². The van der Waals surface area contributed by atoms with Gasteiger partial charge in [-0.2, -0.15) is 11.8 Å². The molecule has 34 heavy (non-hydrogen) atoms. The molecule has 1 heterocycles. The van der Waals surface area contributed by atoms with Gasteiger partial charge in [0, 0.05) is 22.3 Å². The first-order chi connectivity index (χ1) is 16.4. The van der Waals surface area contributed by atoms with Gasteiger partial charge in [-0.25, -0.2) is 0 Å². The van der Waals surface area contributed by atoms with Gasteiger partial charge in [0.15, 0.2) is 0 Å². The van der Waals surface area contributed by atoms with Crippen LogP contribution in [-0.2, 0) is 10.5 Å². The predicted molar refractivity (Wildman–Crippen MR) is 142 cm³/mol. The van der Waals surface area contributed by atoms with Gasteiger partial charge in [0.1, 0.15) is 11.2 Å². The third kappa shape index (κ3) is 4.34. The van der Waals surface area contributed by atoms with Crippen LogP contribution in [0.4, 0.5) is 0 Å². The van der Waals surface area contributed by atoms with Gasteiger partial charge >= 0.3 is 5.97 Å². The summed E-state index contributed by atoms with van der Waals surface area (Å²) in [5.74, 6) is 0.638. The fraction of sp³-hybridized carbons (Fsp3) is 0.167. The Kier molecular flexibility index (Phi) is 5.93. The van der Waals surface area contributed by atoms with Gasteiger partial charge in [-0.1, -0.05) is 78.9 Å². The third-order valence-electron chi connectivity index (χ3n) is 6.20. The number of benzene rings is 4. The number of carboxylic acids is 1. The molecule has 0 spiro atoms. The maximum atomic E-state index is 11.3. The molecule has 0 fully saturated rings. The van der Waals surface area contributed by atoms with Crippen molar-refractivity contribution in [1.82, 2.24) is 0 Å². The van der Waals surface area contributed by atoms with E-state index >= 15 is 0 Å². The first kappa shape index (κ1) is 22.3. The van der Waals surface area contributed by atoms with Gasteiger partial charge in [0.2, 0.25) is 0 Å². The lowest BCUT2D eigenvalue weighted by Crippen LogP contribution is -2.26. The molecule has 4 aromatic carbocycles. The van der Waals surface area contributed by atoms with Gasteiger partial charge in [0.25, 0.3) is 0 Å². The molecule has 0 aliphatic carbocycles. The van der Waals surface area contributed by atoms with Crippen molar-refractivity contribution in [2.75, 3.05) is 5.75 Å². The van der Waals surface area contributed by atoms with Crippen molar-refractivity contribution >= 4 is 39.7 Å². The number of thioether (sulfide) groups is 1. The summed E-state index contributed by atoms with van der Waals surface area (Å²) in [6.07, 6.45) is 0. The summed E-state index contributed by atoms with van der Waals surface area (Å²) in [6.45, 7) is 3.54. The number of para-hydroxylation sites is 1. The topological polar surface area (TPSA) is 50.4 Å². The lowest BCUT2D eigenvalue weighted by molar-refractivity contribution is -0.145. The van der Waals surface area contributed by atoms with Crippen molar-refractivity contribution in [2.24, 2.45) is 5.41 Å². The predicted octanol–water partition coefficient (Wildman–Crippen LogP) is 8.26. The van der Waals surface area contributed by atoms with Crippen molar-refractivity contribution in [2.45, 2.75) is 19.6 Å². The van der Waals surface area contributed by atoms with E-state index in [0.717, 1.165) is 38.8 Å². The second kappa shape index (κ2) is 9.03. The monoisotopic (exact) mass is 466 g/mol. The van der Waals surface area contributed by atoms with Gasteiger partial charge in [-0.3, -0.25) is 4.79 Å². The van der Waals surface area contributed by atoms with Crippen molar-refractivity contribution in [1.29, 1.82) is 0 Å². The molecule has 0 unspecified atom stereocenters. The molecule has 3 nitrogen and oxygen atoms in total. The molecule has 0 aliphatic heterocycles. The van der Waals surface area contributed by atoms with E-state index in [9.17, 15) is 9.90 Å². The maximum absolute atomic E-state index is 11.3. The van der Waals surface area contributed by atoms with Gasteiger partial charge in [-0.05, 0) is 53.8 Å². The van der Waals surface area contributed by atoms with Crippen LogP contribution in [0.25, 0.3) is 44.2 Å². The zero-order chi connectivity index (χ0) is 23.7. The zero-order valence-corrected chi connectivity index (χ0v) is 20.1. The van der Waals surface area contributed by atoms with Crippen LogP contribution >= 0.6 is 11.8 Å². The molecular weight excluding hydrogens is 440 g/mol. The molecular formula is C30H26O3S. The molecule has 5 aromatic rings. The van der Waals surface area contributed by atoms with E-state index in [0.29, 0.717) is 5.75 Å². The van der Waals surface area contributed by atoms with Crippen LogP contribution in [0.5, 0.6) is 0 Å². The molecule has 0 amide bonds. The quantitative estimate of drug-likeness (QED) is 0.262. The highest BCUT2D eigenvalue weighted by atomic mass is 32.2. The van der Waals surface area contributed by atoms with Crippen molar-refractivity contribution in [3.05, 3.63) is 96.6 Å². The van der Waals surface area contributed by atoms with E-state index in [-0.39, 0.29) is 0 Å². The smallest absolute Gasteiger partial charge is 0.309 e. The molecule has 0 bridgehead atoms. The Hall–Kier alpha value is -3.50. The molecule has 0 aliphatic rings. The Morgan fingerprint density at radius 1 is 0.794 bits per heavy atom. The average Bonchev–Trinajstić information content (AvgIpc) is 3.23. The molecule has 0 atom stereocenters. The highest BCUT2D eigenvalue weighted by Gasteiger charge is 2.26. The Morgan fingerprint density at radius 2 is 1.41 bits per heavy atom. The maximum Gasteiger partial charge on any atom is 0.309 e. The zero-order valence-electron chi connectivity index (χ0n) is 19.2. The highest BCUT2D eigenvalue weighted by molar-refractivity contribution is 7.98. The largest absolute Gasteiger partial charge is 0.481 e. The molecule has 1 N–H and O–H groups in total. The van der Waals surface area contributed by atoms with E-state index in [1.54, 1.807) is 25.6 Å². The van der Waals surface area contributed by atoms with E-state index in [1.165, 1.54) is 16.7 Å². The fourth-order valence-corrected chi connectivity index (χ4v) is 5.30. The summed E-state index contributed by atoms with van der Waals surface area (Å²) in [6, 6.07) is 31.6.